The van der Waals surface area contributed by atoms with E-state index >= 15 is 0 Å². The smallest absolute Gasteiger partial charge is 0.253 e. The summed E-state index contributed by atoms with van der Waals surface area (Å²) < 4.78 is 0. The first-order valence-electron chi connectivity index (χ1n) is 8.00. The molecule has 0 spiro atoms. The Morgan fingerprint density at radius 3 is 2.40 bits per heavy atom. The Morgan fingerprint density at radius 1 is 1.08 bits per heavy atom. The van der Waals surface area contributed by atoms with Crippen molar-refractivity contribution in [1.82, 2.24) is 10.2 Å². The van der Waals surface area contributed by atoms with Crippen LogP contribution in [0.3, 0.4) is 0 Å². The quantitative estimate of drug-likeness (QED) is 0.785. The second-order valence-corrected chi connectivity index (χ2v) is 7.12. The molecule has 0 saturated carbocycles. The lowest BCUT2D eigenvalue weighted by molar-refractivity contribution is 0.0703. The van der Waals surface area contributed by atoms with Crippen LogP contribution in [0.15, 0.2) is 36.4 Å². The van der Waals surface area contributed by atoms with Crippen molar-refractivity contribution in [2.45, 2.75) is 19.9 Å². The fourth-order valence-electron chi connectivity index (χ4n) is 3.17. The lowest BCUT2D eigenvalue weighted by atomic mass is 10.0. The van der Waals surface area contributed by atoms with Gasteiger partial charge in [0.15, 0.2) is 0 Å². The van der Waals surface area contributed by atoms with E-state index in [2.05, 4.69) is 11.4 Å². The Labute approximate surface area is 164 Å². The molecule has 1 heterocycles. The average Bonchev–Trinajstić information content (AvgIpc) is 2.56. The van der Waals surface area contributed by atoms with Gasteiger partial charge in [0.05, 0.1) is 16.1 Å². The predicted molar refractivity (Wildman–Crippen MR) is 106 cm³/mol. The Bertz CT molecular complexity index is 759. The Balaban J connectivity index is 0.00000225. The third-order valence-electron chi connectivity index (χ3n) is 4.28. The molecule has 2 aromatic carbocycles. The van der Waals surface area contributed by atoms with Gasteiger partial charge in [-0.1, -0.05) is 46.5 Å². The van der Waals surface area contributed by atoms with E-state index in [1.165, 1.54) is 0 Å². The molecule has 1 amide bonds. The van der Waals surface area contributed by atoms with E-state index in [1.54, 1.807) is 6.07 Å². The molecule has 1 atom stereocenters. The van der Waals surface area contributed by atoms with Gasteiger partial charge in [-0.05, 0) is 43.7 Å². The molecule has 0 aromatic heterocycles. The molecule has 0 unspecified atom stereocenters. The predicted octanol–water partition coefficient (Wildman–Crippen LogP) is 4.82. The Kier molecular flexibility index (Phi) is 6.75. The fraction of sp³-hybridized carbons (Fsp3) is 0.316. The molecule has 0 bridgehead atoms. The number of nitrogens with zero attached hydrogens (tertiary/aromatic N) is 1. The monoisotopic (exact) mass is 398 g/mol. The van der Waals surface area contributed by atoms with Gasteiger partial charge in [0, 0.05) is 25.2 Å². The summed E-state index contributed by atoms with van der Waals surface area (Å²) in [4.78, 5) is 14.8. The molecule has 3 nitrogen and oxygen atoms in total. The van der Waals surface area contributed by atoms with Gasteiger partial charge in [-0.25, -0.2) is 0 Å². The number of rotatable bonds is 2. The van der Waals surface area contributed by atoms with E-state index in [4.69, 9.17) is 23.2 Å². The molecule has 6 heteroatoms. The summed E-state index contributed by atoms with van der Waals surface area (Å²) in [7, 11) is 0. The van der Waals surface area contributed by atoms with Gasteiger partial charge >= 0.3 is 0 Å². The number of carbonyl (C=O) groups is 1. The first kappa shape index (κ1) is 20.1. The van der Waals surface area contributed by atoms with Gasteiger partial charge in [0.2, 0.25) is 0 Å². The molecule has 25 heavy (non-hydrogen) atoms. The van der Waals surface area contributed by atoms with Crippen molar-refractivity contribution < 1.29 is 4.79 Å². The minimum absolute atomic E-state index is 0. The van der Waals surface area contributed by atoms with Crippen molar-refractivity contribution in [1.29, 1.82) is 0 Å². The molecule has 2 aromatic rings. The zero-order valence-corrected chi connectivity index (χ0v) is 16.5. The maximum Gasteiger partial charge on any atom is 0.253 e. The summed E-state index contributed by atoms with van der Waals surface area (Å²) in [6.07, 6.45) is 0. The van der Waals surface area contributed by atoms with E-state index in [0.717, 1.165) is 28.8 Å². The van der Waals surface area contributed by atoms with E-state index in [-0.39, 0.29) is 24.4 Å². The van der Waals surface area contributed by atoms with Crippen molar-refractivity contribution >= 4 is 41.5 Å². The van der Waals surface area contributed by atoms with Crippen LogP contribution >= 0.6 is 35.6 Å². The molecule has 1 N–H and O–H groups in total. The van der Waals surface area contributed by atoms with Gasteiger partial charge in [0.1, 0.15) is 0 Å². The topological polar surface area (TPSA) is 32.3 Å². The normalized spacial score (nSPS) is 17.1. The molecular formula is C19H21Cl3N2O. The third kappa shape index (κ3) is 4.68. The van der Waals surface area contributed by atoms with Crippen molar-refractivity contribution in [3.05, 3.63) is 68.7 Å². The summed E-state index contributed by atoms with van der Waals surface area (Å²) in [6.45, 7) is 6.09. The number of hydrogen-bond donors (Lipinski definition) is 1. The average molecular weight is 400 g/mol. The number of halogens is 3. The van der Waals surface area contributed by atoms with Crippen molar-refractivity contribution in [2.75, 3.05) is 19.6 Å². The van der Waals surface area contributed by atoms with Crippen LogP contribution in [0.5, 0.6) is 0 Å². The highest BCUT2D eigenvalue weighted by Gasteiger charge is 2.25. The molecule has 134 valence electrons. The van der Waals surface area contributed by atoms with Crippen molar-refractivity contribution in [2.24, 2.45) is 0 Å². The summed E-state index contributed by atoms with van der Waals surface area (Å²) in [6, 6.07) is 11.7. The van der Waals surface area contributed by atoms with Crippen LogP contribution in [0.2, 0.25) is 10.0 Å². The number of amides is 1. The second kappa shape index (κ2) is 8.41. The molecule has 1 saturated heterocycles. The molecule has 0 aliphatic carbocycles. The zero-order chi connectivity index (χ0) is 17.3. The molecule has 1 aliphatic heterocycles. The van der Waals surface area contributed by atoms with Crippen molar-refractivity contribution in [3.63, 3.8) is 0 Å². The standard InChI is InChI=1S/C19H20Cl2N2O.ClH/c1-12-7-13(2)9-15(8-12)19(24)23-6-5-22-18(11-23)14-3-4-16(20)17(21)10-14;/h3-4,7-10,18,22H,5-6,11H2,1-2H3;1H/t18-;/m0./s1. The van der Waals surface area contributed by atoms with Gasteiger partial charge in [-0.3, -0.25) is 4.79 Å². The molecular weight excluding hydrogens is 379 g/mol. The van der Waals surface area contributed by atoms with E-state index in [9.17, 15) is 4.79 Å². The zero-order valence-electron chi connectivity index (χ0n) is 14.2. The Hall–Kier alpha value is -1.26. The number of piperazine rings is 1. The first-order chi connectivity index (χ1) is 11.4. The first-order valence-corrected chi connectivity index (χ1v) is 8.75. The van der Waals surface area contributed by atoms with Crippen LogP contribution in [0.4, 0.5) is 0 Å². The van der Waals surface area contributed by atoms with Gasteiger partial charge in [-0.15, -0.1) is 12.4 Å². The number of hydrogen-bond acceptors (Lipinski definition) is 2. The molecule has 1 aliphatic rings. The van der Waals surface area contributed by atoms with Crippen molar-refractivity contribution in [3.8, 4) is 0 Å². The minimum Gasteiger partial charge on any atom is -0.335 e. The lowest BCUT2D eigenvalue weighted by Gasteiger charge is -2.34. The minimum atomic E-state index is 0. The lowest BCUT2D eigenvalue weighted by Crippen LogP contribution is -2.48. The number of carbonyl (C=O) groups excluding carboxylic acids is 1. The molecule has 0 radical (unpaired) electrons. The van der Waals surface area contributed by atoms with Gasteiger partial charge in [-0.2, -0.15) is 0 Å². The van der Waals surface area contributed by atoms with Gasteiger partial charge < -0.3 is 10.2 Å². The highest BCUT2D eigenvalue weighted by molar-refractivity contribution is 6.42. The van der Waals surface area contributed by atoms with E-state index in [0.29, 0.717) is 23.1 Å². The maximum absolute atomic E-state index is 12.9. The van der Waals surface area contributed by atoms with Crippen LogP contribution in [-0.2, 0) is 0 Å². The second-order valence-electron chi connectivity index (χ2n) is 6.31. The maximum atomic E-state index is 12.9. The number of aryl methyl sites for hydroxylation is 2. The summed E-state index contributed by atoms with van der Waals surface area (Å²) in [5, 5.41) is 4.52. The van der Waals surface area contributed by atoms with Crippen LogP contribution in [-0.4, -0.2) is 30.4 Å². The van der Waals surface area contributed by atoms with Crippen LogP contribution < -0.4 is 5.32 Å². The van der Waals surface area contributed by atoms with E-state index < -0.39 is 0 Å². The third-order valence-corrected chi connectivity index (χ3v) is 5.02. The highest BCUT2D eigenvalue weighted by atomic mass is 35.5. The van der Waals surface area contributed by atoms with Crippen LogP contribution in [0.1, 0.15) is 33.1 Å². The Morgan fingerprint density at radius 2 is 1.76 bits per heavy atom. The van der Waals surface area contributed by atoms with Crippen LogP contribution in [0, 0.1) is 13.8 Å². The molecule has 3 rings (SSSR count). The SMILES string of the molecule is Cc1cc(C)cc(C(=O)N2CCN[C@H](c3ccc(Cl)c(Cl)c3)C2)c1.Cl. The number of benzene rings is 2. The molecule has 1 fully saturated rings. The van der Waals surface area contributed by atoms with Gasteiger partial charge in [0.25, 0.3) is 5.91 Å². The summed E-state index contributed by atoms with van der Waals surface area (Å²) >= 11 is 12.1. The fourth-order valence-corrected chi connectivity index (χ4v) is 3.47. The largest absolute Gasteiger partial charge is 0.335 e. The summed E-state index contributed by atoms with van der Waals surface area (Å²) in [5.41, 5.74) is 4.01. The number of nitrogens with one attached hydrogen (secondary N) is 1. The van der Waals surface area contributed by atoms with E-state index in [1.807, 2.05) is 43.0 Å². The summed E-state index contributed by atoms with van der Waals surface area (Å²) in [5.74, 6) is 0.0772. The highest BCUT2D eigenvalue weighted by Crippen LogP contribution is 2.27. The van der Waals surface area contributed by atoms with Crippen LogP contribution in [0.25, 0.3) is 0 Å².